The highest BCUT2D eigenvalue weighted by molar-refractivity contribution is 5.80. The van der Waals surface area contributed by atoms with Crippen molar-refractivity contribution in [3.63, 3.8) is 0 Å². The number of hydrogen-bond donors (Lipinski definition) is 1. The molecule has 2 saturated heterocycles. The quantitative estimate of drug-likeness (QED) is 0.882. The number of amides is 2. The van der Waals surface area contributed by atoms with Gasteiger partial charge in [-0.1, -0.05) is 26.0 Å². The monoisotopic (exact) mass is 371 g/mol. The molecule has 0 radical (unpaired) electrons. The van der Waals surface area contributed by atoms with Crippen LogP contribution in [0.3, 0.4) is 0 Å². The molecule has 27 heavy (non-hydrogen) atoms. The van der Waals surface area contributed by atoms with Crippen molar-refractivity contribution in [3.05, 3.63) is 29.8 Å². The first-order chi connectivity index (χ1) is 12.9. The fraction of sp³-hybridized carbons (Fsp3) is 0.636. The number of nitrogens with zero attached hydrogens (tertiary/aromatic N) is 2. The van der Waals surface area contributed by atoms with E-state index in [0.29, 0.717) is 25.0 Å². The Morgan fingerprint density at radius 2 is 1.67 bits per heavy atom. The van der Waals surface area contributed by atoms with Crippen LogP contribution >= 0.6 is 0 Å². The first-order valence-electron chi connectivity index (χ1n) is 10.3. The Labute approximate surface area is 163 Å². The Morgan fingerprint density at radius 1 is 1.00 bits per heavy atom. The van der Waals surface area contributed by atoms with E-state index in [-0.39, 0.29) is 17.7 Å². The van der Waals surface area contributed by atoms with Crippen molar-refractivity contribution in [2.75, 3.05) is 31.5 Å². The highest BCUT2D eigenvalue weighted by Gasteiger charge is 2.31. The zero-order valence-corrected chi connectivity index (χ0v) is 16.9. The lowest BCUT2D eigenvalue weighted by molar-refractivity contribution is -0.140. The van der Waals surface area contributed by atoms with Crippen LogP contribution in [-0.2, 0) is 9.59 Å². The zero-order chi connectivity index (χ0) is 19.4. The van der Waals surface area contributed by atoms with Gasteiger partial charge in [-0.15, -0.1) is 0 Å². The Morgan fingerprint density at radius 3 is 2.26 bits per heavy atom. The van der Waals surface area contributed by atoms with E-state index < -0.39 is 0 Å². The topological polar surface area (TPSA) is 52.7 Å². The fourth-order valence-electron chi connectivity index (χ4n) is 4.19. The summed E-state index contributed by atoms with van der Waals surface area (Å²) in [6.07, 6.45) is 3.73. The molecule has 0 unspecified atom stereocenters. The molecule has 2 aliphatic rings. The molecular formula is C22H33N3O2. The Hall–Kier alpha value is -2.04. The molecule has 1 aromatic rings. The van der Waals surface area contributed by atoms with E-state index in [1.807, 2.05) is 9.80 Å². The minimum absolute atomic E-state index is 0.0738. The van der Waals surface area contributed by atoms with Crippen molar-refractivity contribution in [3.8, 4) is 0 Å². The summed E-state index contributed by atoms with van der Waals surface area (Å²) in [6.45, 7) is 9.07. The van der Waals surface area contributed by atoms with Gasteiger partial charge in [-0.25, -0.2) is 0 Å². The molecule has 3 rings (SSSR count). The number of benzene rings is 1. The Kier molecular flexibility index (Phi) is 6.40. The molecular weight excluding hydrogens is 338 g/mol. The predicted octanol–water partition coefficient (Wildman–Crippen LogP) is 3.47. The minimum atomic E-state index is 0.0738. The van der Waals surface area contributed by atoms with Crippen LogP contribution in [0.1, 0.15) is 57.9 Å². The number of piperidine rings is 2. The van der Waals surface area contributed by atoms with E-state index in [9.17, 15) is 9.59 Å². The van der Waals surface area contributed by atoms with E-state index >= 15 is 0 Å². The highest BCUT2D eigenvalue weighted by atomic mass is 16.2. The lowest BCUT2D eigenvalue weighted by atomic mass is 9.93. The maximum Gasteiger partial charge on any atom is 0.225 e. The number of carbonyl (C=O) groups excluding carboxylic acids is 2. The van der Waals surface area contributed by atoms with Crippen LogP contribution in [0, 0.1) is 5.92 Å². The molecule has 5 heteroatoms. The van der Waals surface area contributed by atoms with Crippen LogP contribution in [0.25, 0.3) is 0 Å². The van der Waals surface area contributed by atoms with Crippen LogP contribution in [0.2, 0.25) is 0 Å². The summed E-state index contributed by atoms with van der Waals surface area (Å²) in [4.78, 5) is 28.3. The minimum Gasteiger partial charge on any atom is -0.381 e. The Balaban J connectivity index is 1.53. The van der Waals surface area contributed by atoms with Crippen molar-refractivity contribution in [1.82, 2.24) is 9.80 Å². The molecule has 0 bridgehead atoms. The van der Waals surface area contributed by atoms with Crippen molar-refractivity contribution in [2.45, 2.75) is 58.4 Å². The van der Waals surface area contributed by atoms with E-state index in [4.69, 9.17) is 0 Å². The van der Waals surface area contributed by atoms with E-state index in [1.54, 1.807) is 6.92 Å². The zero-order valence-electron chi connectivity index (χ0n) is 16.9. The molecule has 0 aliphatic carbocycles. The molecule has 1 atom stereocenters. The van der Waals surface area contributed by atoms with Gasteiger partial charge in [0.2, 0.25) is 11.8 Å². The normalized spacial score (nSPS) is 21.4. The van der Waals surface area contributed by atoms with Gasteiger partial charge in [0.05, 0.1) is 0 Å². The summed E-state index contributed by atoms with van der Waals surface area (Å²) in [7, 11) is 0. The van der Waals surface area contributed by atoms with Crippen molar-refractivity contribution < 1.29 is 9.59 Å². The number of hydrogen-bond acceptors (Lipinski definition) is 3. The number of anilines is 1. The third kappa shape index (κ3) is 5.02. The first kappa shape index (κ1) is 19.7. The van der Waals surface area contributed by atoms with Gasteiger partial charge in [-0.2, -0.15) is 0 Å². The van der Waals surface area contributed by atoms with Gasteiger partial charge < -0.3 is 15.1 Å². The summed E-state index contributed by atoms with van der Waals surface area (Å²) in [5, 5.41) is 3.61. The molecule has 0 spiro atoms. The third-order valence-corrected chi connectivity index (χ3v) is 5.97. The molecule has 0 aromatic heterocycles. The predicted molar refractivity (Wildman–Crippen MR) is 109 cm³/mol. The van der Waals surface area contributed by atoms with Crippen LogP contribution in [0.5, 0.6) is 0 Å². The summed E-state index contributed by atoms with van der Waals surface area (Å²) in [5.74, 6) is 1.01. The lowest BCUT2D eigenvalue weighted by Gasteiger charge is -2.38. The molecule has 1 aromatic carbocycles. The number of nitrogens with one attached hydrogen (secondary N) is 1. The van der Waals surface area contributed by atoms with Gasteiger partial charge in [0.15, 0.2) is 0 Å². The second-order valence-electron chi connectivity index (χ2n) is 8.32. The van der Waals surface area contributed by atoms with Crippen molar-refractivity contribution in [2.24, 2.45) is 5.92 Å². The maximum atomic E-state index is 12.9. The fourth-order valence-corrected chi connectivity index (χ4v) is 4.19. The van der Waals surface area contributed by atoms with Gasteiger partial charge in [0.25, 0.3) is 0 Å². The lowest BCUT2D eigenvalue weighted by Crippen LogP contribution is -2.49. The molecule has 2 heterocycles. The van der Waals surface area contributed by atoms with Crippen LogP contribution in [0.4, 0.5) is 5.69 Å². The average Bonchev–Trinajstić information content (AvgIpc) is 2.68. The summed E-state index contributed by atoms with van der Waals surface area (Å²) in [5.41, 5.74) is 2.48. The SMILES string of the molecule is CC(=O)N1CCC(C(=O)N2CCC[C@H](Nc3ccc(C(C)C)cc3)C2)CC1. The molecule has 2 aliphatic heterocycles. The largest absolute Gasteiger partial charge is 0.381 e. The average molecular weight is 372 g/mol. The second kappa shape index (κ2) is 8.77. The third-order valence-electron chi connectivity index (χ3n) is 5.97. The van der Waals surface area contributed by atoms with Gasteiger partial charge in [-0.05, 0) is 49.3 Å². The smallest absolute Gasteiger partial charge is 0.225 e. The number of carbonyl (C=O) groups is 2. The van der Waals surface area contributed by atoms with Gasteiger partial charge in [0, 0.05) is 50.7 Å². The van der Waals surface area contributed by atoms with Gasteiger partial charge in [0.1, 0.15) is 0 Å². The summed E-state index contributed by atoms with van der Waals surface area (Å²) < 4.78 is 0. The summed E-state index contributed by atoms with van der Waals surface area (Å²) >= 11 is 0. The van der Waals surface area contributed by atoms with Gasteiger partial charge >= 0.3 is 0 Å². The number of likely N-dealkylation sites (tertiary alicyclic amines) is 2. The molecule has 2 amide bonds. The van der Waals surface area contributed by atoms with Crippen LogP contribution in [0.15, 0.2) is 24.3 Å². The molecule has 2 fully saturated rings. The summed E-state index contributed by atoms with van der Waals surface area (Å²) in [6, 6.07) is 8.97. The van der Waals surface area contributed by atoms with Crippen molar-refractivity contribution in [1.29, 1.82) is 0 Å². The van der Waals surface area contributed by atoms with E-state index in [0.717, 1.165) is 44.5 Å². The second-order valence-corrected chi connectivity index (χ2v) is 8.32. The Bertz CT molecular complexity index is 648. The highest BCUT2D eigenvalue weighted by Crippen LogP contribution is 2.24. The van der Waals surface area contributed by atoms with Crippen LogP contribution in [-0.4, -0.2) is 53.8 Å². The van der Waals surface area contributed by atoms with Crippen molar-refractivity contribution >= 4 is 17.5 Å². The van der Waals surface area contributed by atoms with E-state index in [2.05, 4.69) is 43.4 Å². The number of rotatable bonds is 4. The molecule has 0 saturated carbocycles. The van der Waals surface area contributed by atoms with Crippen LogP contribution < -0.4 is 5.32 Å². The molecule has 148 valence electrons. The molecule has 5 nitrogen and oxygen atoms in total. The molecule has 1 N–H and O–H groups in total. The first-order valence-corrected chi connectivity index (χ1v) is 10.3. The standard InChI is InChI=1S/C22H33N3O2/c1-16(2)18-6-8-20(9-7-18)23-21-5-4-12-25(15-21)22(27)19-10-13-24(14-11-19)17(3)26/h6-9,16,19,21,23H,4-5,10-15H2,1-3H3/t21-/m0/s1. The maximum absolute atomic E-state index is 12.9. The van der Waals surface area contributed by atoms with Gasteiger partial charge in [-0.3, -0.25) is 9.59 Å². The van der Waals surface area contributed by atoms with E-state index in [1.165, 1.54) is 5.56 Å².